The highest BCUT2D eigenvalue weighted by atomic mass is 79.9. The Morgan fingerprint density at radius 2 is 1.88 bits per heavy atom. The predicted octanol–water partition coefficient (Wildman–Crippen LogP) is 3.19. The van der Waals surface area contributed by atoms with Gasteiger partial charge >= 0.3 is 6.03 Å². The summed E-state index contributed by atoms with van der Waals surface area (Å²) in [6, 6.07) is 11.3. The van der Waals surface area contributed by atoms with Gasteiger partial charge in [0.2, 0.25) is 5.91 Å². The van der Waals surface area contributed by atoms with Gasteiger partial charge in [-0.2, -0.15) is 0 Å². The van der Waals surface area contributed by atoms with Gasteiger partial charge in [0.05, 0.1) is 11.4 Å². The van der Waals surface area contributed by atoms with Crippen LogP contribution in [0, 0.1) is 11.7 Å². The van der Waals surface area contributed by atoms with Gasteiger partial charge in [-0.15, -0.1) is 0 Å². The standard InChI is InChI=1S/C17H11BrFN3O3/c18-10-4-3-5-11(8-10)20-9-12-15(23)21-17(25)22(16(12)24)14-7-2-1-6-13(14)19/h1-9,12H,(H,21,23,25)/t12-/m1/s1. The average molecular weight is 404 g/mol. The van der Waals surface area contributed by atoms with Crippen molar-refractivity contribution in [2.45, 2.75) is 0 Å². The molecular weight excluding hydrogens is 393 g/mol. The van der Waals surface area contributed by atoms with E-state index in [4.69, 9.17) is 0 Å². The number of halogens is 2. The fourth-order valence-electron chi connectivity index (χ4n) is 2.30. The van der Waals surface area contributed by atoms with Gasteiger partial charge in [0, 0.05) is 10.7 Å². The number of urea groups is 1. The van der Waals surface area contributed by atoms with Crippen molar-refractivity contribution >= 4 is 51.4 Å². The largest absolute Gasteiger partial charge is 0.335 e. The Morgan fingerprint density at radius 1 is 1.12 bits per heavy atom. The van der Waals surface area contributed by atoms with Crippen LogP contribution < -0.4 is 10.2 Å². The average Bonchev–Trinajstić information content (AvgIpc) is 2.56. The van der Waals surface area contributed by atoms with E-state index in [9.17, 15) is 18.8 Å². The first-order chi connectivity index (χ1) is 12.0. The molecule has 2 aromatic carbocycles. The van der Waals surface area contributed by atoms with Crippen molar-refractivity contribution in [1.29, 1.82) is 0 Å². The second-order valence-electron chi connectivity index (χ2n) is 5.16. The van der Waals surface area contributed by atoms with Gasteiger partial charge in [-0.25, -0.2) is 14.1 Å². The summed E-state index contributed by atoms with van der Waals surface area (Å²) in [5, 5.41) is 2.04. The zero-order valence-electron chi connectivity index (χ0n) is 12.6. The van der Waals surface area contributed by atoms with E-state index in [0.717, 1.165) is 16.8 Å². The van der Waals surface area contributed by atoms with E-state index in [0.29, 0.717) is 10.6 Å². The minimum atomic E-state index is -1.34. The van der Waals surface area contributed by atoms with Crippen molar-refractivity contribution < 1.29 is 18.8 Å². The molecule has 4 amide bonds. The van der Waals surface area contributed by atoms with Crippen molar-refractivity contribution in [2.75, 3.05) is 4.90 Å². The Labute approximate surface area is 150 Å². The normalized spacial score (nSPS) is 17.9. The molecule has 0 radical (unpaired) electrons. The van der Waals surface area contributed by atoms with Crippen LogP contribution in [0.15, 0.2) is 58.0 Å². The fourth-order valence-corrected chi connectivity index (χ4v) is 2.69. The molecule has 0 aromatic heterocycles. The lowest BCUT2D eigenvalue weighted by Gasteiger charge is -2.28. The number of carbonyl (C=O) groups excluding carboxylic acids is 3. The Morgan fingerprint density at radius 3 is 2.60 bits per heavy atom. The molecule has 6 nitrogen and oxygen atoms in total. The van der Waals surface area contributed by atoms with Crippen LogP contribution in [0.3, 0.4) is 0 Å². The number of hydrogen-bond donors (Lipinski definition) is 1. The first-order valence-electron chi connectivity index (χ1n) is 7.20. The summed E-state index contributed by atoms with van der Waals surface area (Å²) in [6.45, 7) is 0. The highest BCUT2D eigenvalue weighted by molar-refractivity contribution is 9.10. The molecule has 0 bridgehead atoms. The molecule has 1 atom stereocenters. The van der Waals surface area contributed by atoms with E-state index in [2.05, 4.69) is 20.9 Å². The zero-order chi connectivity index (χ0) is 18.0. The number of rotatable bonds is 3. The van der Waals surface area contributed by atoms with Crippen LogP contribution in [0.2, 0.25) is 0 Å². The van der Waals surface area contributed by atoms with Crippen molar-refractivity contribution in [3.63, 3.8) is 0 Å². The van der Waals surface area contributed by atoms with Crippen LogP contribution in [0.25, 0.3) is 0 Å². The van der Waals surface area contributed by atoms with Crippen LogP contribution in [-0.4, -0.2) is 24.1 Å². The first kappa shape index (κ1) is 17.0. The molecule has 0 unspecified atom stereocenters. The number of amides is 4. The molecular formula is C17H11BrFN3O3. The number of carbonyl (C=O) groups is 3. The van der Waals surface area contributed by atoms with E-state index in [1.165, 1.54) is 18.2 Å². The minimum absolute atomic E-state index is 0.224. The number of hydrogen-bond acceptors (Lipinski definition) is 4. The minimum Gasteiger partial charge on any atom is -0.276 e. The second-order valence-corrected chi connectivity index (χ2v) is 6.07. The predicted molar refractivity (Wildman–Crippen MR) is 93.2 cm³/mol. The number of anilines is 1. The maximum atomic E-state index is 13.9. The summed E-state index contributed by atoms with van der Waals surface area (Å²) in [5.41, 5.74) is 0.294. The zero-order valence-corrected chi connectivity index (χ0v) is 14.2. The number of aliphatic imine (C=N–C) groups is 1. The number of barbiturate groups is 1. The lowest BCUT2D eigenvalue weighted by atomic mass is 10.1. The number of para-hydroxylation sites is 1. The first-order valence-corrected chi connectivity index (χ1v) is 8.00. The van der Waals surface area contributed by atoms with E-state index in [1.54, 1.807) is 24.3 Å². The van der Waals surface area contributed by atoms with Crippen LogP contribution in [0.4, 0.5) is 20.6 Å². The van der Waals surface area contributed by atoms with E-state index in [-0.39, 0.29) is 5.69 Å². The third-order valence-electron chi connectivity index (χ3n) is 3.48. The van der Waals surface area contributed by atoms with Gasteiger partial charge in [-0.05, 0) is 30.3 Å². The molecule has 2 aromatic rings. The second kappa shape index (κ2) is 6.94. The van der Waals surface area contributed by atoms with E-state index in [1.807, 2.05) is 5.32 Å². The van der Waals surface area contributed by atoms with Crippen molar-refractivity contribution in [3.8, 4) is 0 Å². The van der Waals surface area contributed by atoms with Crippen LogP contribution in [0.5, 0.6) is 0 Å². The smallest absolute Gasteiger partial charge is 0.276 e. The molecule has 25 heavy (non-hydrogen) atoms. The maximum Gasteiger partial charge on any atom is 0.335 e. The maximum absolute atomic E-state index is 13.9. The Balaban J connectivity index is 1.92. The van der Waals surface area contributed by atoms with E-state index < -0.39 is 29.6 Å². The Hall–Kier alpha value is -2.87. The summed E-state index contributed by atoms with van der Waals surface area (Å²) in [4.78, 5) is 41.2. The van der Waals surface area contributed by atoms with Gasteiger partial charge in [0.25, 0.3) is 5.91 Å². The van der Waals surface area contributed by atoms with Gasteiger partial charge in [0.15, 0.2) is 5.92 Å². The quantitative estimate of drug-likeness (QED) is 0.631. The van der Waals surface area contributed by atoms with Gasteiger partial charge in [-0.3, -0.25) is 19.9 Å². The highest BCUT2D eigenvalue weighted by Gasteiger charge is 2.41. The fraction of sp³-hybridized carbons (Fsp3) is 0.0588. The Kier molecular flexibility index (Phi) is 4.71. The van der Waals surface area contributed by atoms with Crippen LogP contribution in [-0.2, 0) is 9.59 Å². The van der Waals surface area contributed by atoms with Gasteiger partial charge < -0.3 is 0 Å². The Bertz CT molecular complexity index is 900. The monoisotopic (exact) mass is 403 g/mol. The molecule has 0 aliphatic carbocycles. The molecule has 1 aliphatic rings. The number of benzene rings is 2. The SMILES string of the molecule is O=C1NC(=O)N(c2ccccc2F)C(=O)[C@@H]1C=Nc1cccc(Br)c1. The molecule has 8 heteroatoms. The highest BCUT2D eigenvalue weighted by Crippen LogP contribution is 2.24. The van der Waals surface area contributed by atoms with Crippen molar-refractivity contribution in [3.05, 3.63) is 58.8 Å². The third-order valence-corrected chi connectivity index (χ3v) is 3.97. The summed E-state index contributed by atoms with van der Waals surface area (Å²) in [5.74, 6) is -3.75. The summed E-state index contributed by atoms with van der Waals surface area (Å²) in [6.07, 6.45) is 1.14. The molecule has 1 N–H and O–H groups in total. The number of nitrogens with one attached hydrogen (secondary N) is 1. The molecule has 1 aliphatic heterocycles. The summed E-state index contributed by atoms with van der Waals surface area (Å²) >= 11 is 3.29. The van der Waals surface area contributed by atoms with Crippen LogP contribution in [0.1, 0.15) is 0 Å². The number of imide groups is 2. The van der Waals surface area contributed by atoms with Crippen molar-refractivity contribution in [2.24, 2.45) is 10.9 Å². The molecule has 126 valence electrons. The van der Waals surface area contributed by atoms with Crippen LogP contribution >= 0.6 is 15.9 Å². The topological polar surface area (TPSA) is 78.8 Å². The van der Waals surface area contributed by atoms with Gasteiger partial charge in [0.1, 0.15) is 5.82 Å². The third kappa shape index (κ3) is 3.48. The van der Waals surface area contributed by atoms with Gasteiger partial charge in [-0.1, -0.05) is 34.1 Å². The molecule has 0 spiro atoms. The van der Waals surface area contributed by atoms with Crippen molar-refractivity contribution in [1.82, 2.24) is 5.32 Å². The molecule has 0 saturated carbocycles. The lowest BCUT2D eigenvalue weighted by Crippen LogP contribution is -2.58. The molecule has 1 saturated heterocycles. The lowest BCUT2D eigenvalue weighted by molar-refractivity contribution is -0.131. The molecule has 3 rings (SSSR count). The molecule has 1 heterocycles. The number of nitrogens with zero attached hydrogens (tertiary/aromatic N) is 2. The summed E-state index contributed by atoms with van der Waals surface area (Å²) < 4.78 is 14.7. The van der Waals surface area contributed by atoms with E-state index >= 15 is 0 Å². The summed E-state index contributed by atoms with van der Waals surface area (Å²) in [7, 11) is 0. The molecule has 1 fully saturated rings.